The molecule has 26 heavy (non-hydrogen) atoms. The highest BCUT2D eigenvalue weighted by Gasteiger charge is 2.25. The van der Waals surface area contributed by atoms with Gasteiger partial charge in [0.15, 0.2) is 5.76 Å². The van der Waals surface area contributed by atoms with Gasteiger partial charge in [-0.3, -0.25) is 4.79 Å². The van der Waals surface area contributed by atoms with Crippen LogP contribution in [0.25, 0.3) is 0 Å². The molecule has 2 aromatic rings. The molecule has 1 aliphatic carbocycles. The van der Waals surface area contributed by atoms with Crippen molar-refractivity contribution < 1.29 is 9.32 Å². The summed E-state index contributed by atoms with van der Waals surface area (Å²) < 4.78 is 5.58. The Kier molecular flexibility index (Phi) is 5.37. The molecule has 1 aromatic heterocycles. The highest BCUT2D eigenvalue weighted by atomic mass is 16.5. The zero-order chi connectivity index (χ0) is 17.8. The van der Waals surface area contributed by atoms with E-state index < -0.39 is 0 Å². The number of nitrogens with zero attached hydrogens (tertiary/aromatic N) is 2. The molecule has 1 saturated heterocycles. The van der Waals surface area contributed by atoms with E-state index >= 15 is 0 Å². The number of rotatable bonds is 4. The van der Waals surface area contributed by atoms with Crippen molar-refractivity contribution in [3.63, 3.8) is 0 Å². The number of amides is 1. The molecule has 2 heterocycles. The molecule has 0 N–H and O–H groups in total. The topological polar surface area (TPSA) is 46.3 Å². The molecule has 1 aromatic carbocycles. The van der Waals surface area contributed by atoms with Gasteiger partial charge in [0.05, 0.1) is 12.2 Å². The lowest BCUT2D eigenvalue weighted by atomic mass is 9.87. The van der Waals surface area contributed by atoms with Crippen LogP contribution in [-0.4, -0.2) is 22.5 Å². The Hall–Kier alpha value is -2.10. The predicted molar refractivity (Wildman–Crippen MR) is 101 cm³/mol. The van der Waals surface area contributed by atoms with Gasteiger partial charge in [0.2, 0.25) is 5.91 Å². The number of aromatic nitrogens is 1. The molecular weight excluding hydrogens is 324 g/mol. The number of carbonyl (C=O) groups excluding carboxylic acids is 1. The first-order valence-electron chi connectivity index (χ1n) is 10.1. The zero-order valence-electron chi connectivity index (χ0n) is 15.4. The number of hydrogen-bond acceptors (Lipinski definition) is 3. The van der Waals surface area contributed by atoms with E-state index in [1.54, 1.807) is 0 Å². The van der Waals surface area contributed by atoms with E-state index in [1.165, 1.54) is 37.7 Å². The van der Waals surface area contributed by atoms with Crippen LogP contribution < -0.4 is 0 Å². The summed E-state index contributed by atoms with van der Waals surface area (Å²) in [6.45, 7) is 1.35. The first kappa shape index (κ1) is 17.3. The van der Waals surface area contributed by atoms with Gasteiger partial charge < -0.3 is 9.42 Å². The highest BCUT2D eigenvalue weighted by molar-refractivity contribution is 5.76. The maximum atomic E-state index is 12.6. The summed E-state index contributed by atoms with van der Waals surface area (Å²) in [6.07, 6.45) is 8.91. The molecular formula is C22H28N2O2. The average molecular weight is 352 g/mol. The monoisotopic (exact) mass is 352 g/mol. The second-order valence-corrected chi connectivity index (χ2v) is 7.80. The summed E-state index contributed by atoms with van der Waals surface area (Å²) in [5, 5.41) is 4.30. The highest BCUT2D eigenvalue weighted by Crippen LogP contribution is 2.33. The van der Waals surface area contributed by atoms with E-state index in [4.69, 9.17) is 4.52 Å². The second-order valence-electron chi connectivity index (χ2n) is 7.80. The van der Waals surface area contributed by atoms with E-state index in [0.29, 0.717) is 24.8 Å². The van der Waals surface area contributed by atoms with E-state index in [9.17, 15) is 4.79 Å². The van der Waals surface area contributed by atoms with Crippen LogP contribution in [0.4, 0.5) is 0 Å². The maximum Gasteiger partial charge on any atom is 0.222 e. The summed E-state index contributed by atoms with van der Waals surface area (Å²) in [5.74, 6) is 2.08. The fourth-order valence-electron chi connectivity index (χ4n) is 4.44. The van der Waals surface area contributed by atoms with Crippen LogP contribution in [0.15, 0.2) is 40.9 Å². The van der Waals surface area contributed by atoms with Crippen molar-refractivity contribution in [3.05, 3.63) is 53.4 Å². The molecule has 1 saturated carbocycles. The third kappa shape index (κ3) is 4.00. The number of likely N-dealkylation sites (tertiary alicyclic amines) is 1. The maximum absolute atomic E-state index is 12.6. The summed E-state index contributed by atoms with van der Waals surface area (Å²) >= 11 is 0. The zero-order valence-corrected chi connectivity index (χ0v) is 15.4. The van der Waals surface area contributed by atoms with Crippen LogP contribution in [0.2, 0.25) is 0 Å². The minimum Gasteiger partial charge on any atom is -0.359 e. The lowest BCUT2D eigenvalue weighted by Crippen LogP contribution is -2.29. The summed E-state index contributed by atoms with van der Waals surface area (Å²) in [5.41, 5.74) is 2.44. The van der Waals surface area contributed by atoms with E-state index in [1.807, 2.05) is 11.0 Å². The fraction of sp³-hybridized carbons (Fsp3) is 0.545. The van der Waals surface area contributed by atoms with Crippen molar-refractivity contribution in [3.8, 4) is 0 Å². The van der Waals surface area contributed by atoms with Gasteiger partial charge in [-0.2, -0.15) is 0 Å². The SMILES string of the molecule is O=C1CCC(c2ccccc2)CCN1Cc1cc(C2CCCCC2)no1. The van der Waals surface area contributed by atoms with Crippen LogP contribution in [0.1, 0.15) is 80.2 Å². The molecule has 138 valence electrons. The summed E-state index contributed by atoms with van der Waals surface area (Å²) in [4.78, 5) is 14.5. The van der Waals surface area contributed by atoms with Gasteiger partial charge >= 0.3 is 0 Å². The summed E-state index contributed by atoms with van der Waals surface area (Å²) in [7, 11) is 0. The molecule has 1 amide bonds. The molecule has 1 atom stereocenters. The van der Waals surface area contributed by atoms with Crippen LogP contribution in [0.5, 0.6) is 0 Å². The second kappa shape index (κ2) is 8.07. The number of benzene rings is 1. The molecule has 0 bridgehead atoms. The molecule has 0 spiro atoms. The third-order valence-electron chi connectivity index (χ3n) is 6.03. The molecule has 4 heteroatoms. The van der Waals surface area contributed by atoms with E-state index in [-0.39, 0.29) is 5.91 Å². The van der Waals surface area contributed by atoms with Gasteiger partial charge in [-0.05, 0) is 37.2 Å². The van der Waals surface area contributed by atoms with Crippen molar-refractivity contribution in [1.29, 1.82) is 0 Å². The van der Waals surface area contributed by atoms with Gasteiger partial charge in [0.25, 0.3) is 0 Å². The standard InChI is InChI=1S/C22H28N2O2/c25-22-12-11-18(17-7-3-1-4-8-17)13-14-24(22)16-20-15-21(23-26-20)19-9-5-2-6-10-19/h1,3-4,7-8,15,18-19H,2,5-6,9-14,16H2. The van der Waals surface area contributed by atoms with Crippen molar-refractivity contribution in [2.75, 3.05) is 6.54 Å². The van der Waals surface area contributed by atoms with Crippen LogP contribution in [0.3, 0.4) is 0 Å². The fourth-order valence-corrected chi connectivity index (χ4v) is 4.44. The normalized spacial score (nSPS) is 22.4. The first-order valence-corrected chi connectivity index (χ1v) is 10.1. The first-order chi connectivity index (χ1) is 12.8. The minimum atomic E-state index is 0.235. The van der Waals surface area contributed by atoms with Crippen molar-refractivity contribution in [1.82, 2.24) is 10.1 Å². The quantitative estimate of drug-likeness (QED) is 0.776. The number of carbonyl (C=O) groups is 1. The Morgan fingerprint density at radius 1 is 1.00 bits per heavy atom. The van der Waals surface area contributed by atoms with Crippen molar-refractivity contribution in [2.24, 2.45) is 0 Å². The number of hydrogen-bond donors (Lipinski definition) is 0. The Balaban J connectivity index is 1.38. The van der Waals surface area contributed by atoms with Gasteiger partial charge in [-0.15, -0.1) is 0 Å². The van der Waals surface area contributed by atoms with Gasteiger partial charge in [-0.25, -0.2) is 0 Å². The predicted octanol–water partition coefficient (Wildman–Crippen LogP) is 5.02. The molecule has 1 aliphatic heterocycles. The molecule has 4 rings (SSSR count). The Morgan fingerprint density at radius 2 is 1.81 bits per heavy atom. The smallest absolute Gasteiger partial charge is 0.222 e. The lowest BCUT2D eigenvalue weighted by molar-refractivity contribution is -0.131. The molecule has 2 fully saturated rings. The van der Waals surface area contributed by atoms with Crippen molar-refractivity contribution >= 4 is 5.91 Å². The largest absolute Gasteiger partial charge is 0.359 e. The molecule has 0 radical (unpaired) electrons. The van der Waals surface area contributed by atoms with E-state index in [0.717, 1.165) is 30.8 Å². The molecule has 2 aliphatic rings. The van der Waals surface area contributed by atoms with Crippen LogP contribution in [-0.2, 0) is 11.3 Å². The van der Waals surface area contributed by atoms with Crippen LogP contribution in [0, 0.1) is 0 Å². The Bertz CT molecular complexity index is 719. The molecule has 1 unspecified atom stereocenters. The van der Waals surface area contributed by atoms with Crippen molar-refractivity contribution in [2.45, 2.75) is 69.7 Å². The third-order valence-corrected chi connectivity index (χ3v) is 6.03. The van der Waals surface area contributed by atoms with Gasteiger partial charge in [0, 0.05) is 24.9 Å². The average Bonchev–Trinajstić information content (AvgIpc) is 3.09. The van der Waals surface area contributed by atoms with Crippen LogP contribution >= 0.6 is 0 Å². The van der Waals surface area contributed by atoms with E-state index in [2.05, 4.69) is 35.5 Å². The van der Waals surface area contributed by atoms with Gasteiger partial charge in [-0.1, -0.05) is 54.8 Å². The minimum absolute atomic E-state index is 0.235. The Morgan fingerprint density at radius 3 is 2.62 bits per heavy atom. The van der Waals surface area contributed by atoms with Gasteiger partial charge in [0.1, 0.15) is 0 Å². The Labute approximate surface area is 155 Å². The lowest BCUT2D eigenvalue weighted by Gasteiger charge is -2.19. The summed E-state index contributed by atoms with van der Waals surface area (Å²) in [6, 6.07) is 12.7. The molecule has 4 nitrogen and oxygen atoms in total.